The number of carbonyl (C=O) groups excluding carboxylic acids is 1. The Bertz CT molecular complexity index is 2180. The molecule has 6 aromatic rings. The van der Waals surface area contributed by atoms with Gasteiger partial charge >= 0.3 is 0 Å². The summed E-state index contributed by atoms with van der Waals surface area (Å²) in [6.45, 7) is 7.48. The van der Waals surface area contributed by atoms with E-state index in [-0.39, 0.29) is 16.9 Å². The molecule has 1 unspecified atom stereocenters. The lowest BCUT2D eigenvalue weighted by atomic mass is 10.1. The quantitative estimate of drug-likeness (QED) is 0.309. The first-order chi connectivity index (χ1) is 20.7. The average molecular weight is 572 g/mol. The SMILES string of the molecule is Cc1nn(C)c(C)c1C#Cc1cccc2nc(C(C)NC(=O)c3c(N)nn4c(C)ccnc34)n(-c3ccccc3)c(=O)c12. The Morgan fingerprint density at radius 1 is 1.00 bits per heavy atom. The molecule has 11 heteroatoms. The number of para-hydroxylation sites is 1. The number of anilines is 1. The van der Waals surface area contributed by atoms with Crippen molar-refractivity contribution in [3.63, 3.8) is 0 Å². The molecule has 0 saturated heterocycles. The summed E-state index contributed by atoms with van der Waals surface area (Å²) in [7, 11) is 1.87. The zero-order chi connectivity index (χ0) is 30.4. The second-order valence-electron chi connectivity index (χ2n) is 10.3. The molecule has 1 atom stereocenters. The fourth-order valence-electron chi connectivity index (χ4n) is 5.18. The summed E-state index contributed by atoms with van der Waals surface area (Å²) >= 11 is 0. The van der Waals surface area contributed by atoms with E-state index in [1.54, 1.807) is 29.9 Å². The normalized spacial score (nSPS) is 11.8. The van der Waals surface area contributed by atoms with Crippen molar-refractivity contribution in [3.8, 4) is 17.5 Å². The molecule has 0 bridgehead atoms. The van der Waals surface area contributed by atoms with Crippen molar-refractivity contribution in [1.82, 2.24) is 39.2 Å². The van der Waals surface area contributed by atoms with Crippen molar-refractivity contribution in [2.45, 2.75) is 33.7 Å². The van der Waals surface area contributed by atoms with Crippen molar-refractivity contribution >= 4 is 28.3 Å². The molecule has 3 N–H and O–H groups in total. The third-order valence-electron chi connectivity index (χ3n) is 7.47. The number of aryl methyl sites for hydroxylation is 3. The second-order valence-corrected chi connectivity index (χ2v) is 10.3. The lowest BCUT2D eigenvalue weighted by molar-refractivity contribution is 0.0940. The number of amides is 1. The van der Waals surface area contributed by atoms with Crippen LogP contribution < -0.4 is 16.6 Å². The van der Waals surface area contributed by atoms with Crippen LogP contribution in [0.4, 0.5) is 5.82 Å². The van der Waals surface area contributed by atoms with Crippen molar-refractivity contribution in [2.75, 3.05) is 5.73 Å². The first-order valence-electron chi connectivity index (χ1n) is 13.7. The molecule has 4 aromatic heterocycles. The van der Waals surface area contributed by atoms with Gasteiger partial charge in [-0.15, -0.1) is 5.10 Å². The molecule has 2 aromatic carbocycles. The van der Waals surface area contributed by atoms with Crippen LogP contribution >= 0.6 is 0 Å². The van der Waals surface area contributed by atoms with E-state index in [1.807, 2.05) is 70.3 Å². The molecule has 11 nitrogen and oxygen atoms in total. The Morgan fingerprint density at radius 3 is 2.49 bits per heavy atom. The molecule has 0 fully saturated rings. The fraction of sp³-hybridized carbons (Fsp3) is 0.188. The molecule has 0 spiro atoms. The maximum absolute atomic E-state index is 14.3. The van der Waals surface area contributed by atoms with Gasteiger partial charge < -0.3 is 11.1 Å². The Balaban J connectivity index is 1.49. The van der Waals surface area contributed by atoms with Crippen LogP contribution in [0.3, 0.4) is 0 Å². The van der Waals surface area contributed by atoms with Gasteiger partial charge in [0.2, 0.25) is 0 Å². The van der Waals surface area contributed by atoms with Crippen LogP contribution in [0.15, 0.2) is 65.6 Å². The fourth-order valence-corrected chi connectivity index (χ4v) is 5.18. The van der Waals surface area contributed by atoms with Gasteiger partial charge in [-0.05, 0) is 58.0 Å². The van der Waals surface area contributed by atoms with Gasteiger partial charge in [-0.3, -0.25) is 18.8 Å². The van der Waals surface area contributed by atoms with Crippen molar-refractivity contribution in [3.05, 3.63) is 111 Å². The highest BCUT2D eigenvalue weighted by Gasteiger charge is 2.25. The molecule has 6 rings (SSSR count). The molecule has 43 heavy (non-hydrogen) atoms. The Kier molecular flexibility index (Phi) is 6.74. The van der Waals surface area contributed by atoms with E-state index in [1.165, 1.54) is 9.08 Å². The number of carbonyl (C=O) groups is 1. The number of nitrogen functional groups attached to an aromatic ring is 1. The number of hydrogen-bond acceptors (Lipinski definition) is 7. The van der Waals surface area contributed by atoms with E-state index in [0.717, 1.165) is 22.6 Å². The third-order valence-corrected chi connectivity index (χ3v) is 7.47. The predicted molar refractivity (Wildman–Crippen MR) is 164 cm³/mol. The average Bonchev–Trinajstić information content (AvgIpc) is 3.46. The predicted octanol–water partition coefficient (Wildman–Crippen LogP) is 3.56. The number of rotatable bonds is 4. The van der Waals surface area contributed by atoms with Crippen LogP contribution in [0.1, 0.15) is 57.4 Å². The number of aromatic nitrogens is 7. The summed E-state index contributed by atoms with van der Waals surface area (Å²) in [6, 6.07) is 15.7. The summed E-state index contributed by atoms with van der Waals surface area (Å²) < 4.78 is 4.83. The van der Waals surface area contributed by atoms with Crippen LogP contribution in [0, 0.1) is 32.6 Å². The lowest BCUT2D eigenvalue weighted by Gasteiger charge is -2.20. The van der Waals surface area contributed by atoms with E-state index in [9.17, 15) is 9.59 Å². The summed E-state index contributed by atoms with van der Waals surface area (Å²) in [5, 5.41) is 12.1. The topological polar surface area (TPSA) is 138 Å². The Labute approximate surface area is 247 Å². The summed E-state index contributed by atoms with van der Waals surface area (Å²) in [5.41, 5.74) is 11.3. The molecule has 0 aliphatic heterocycles. The van der Waals surface area contributed by atoms with Crippen molar-refractivity contribution in [2.24, 2.45) is 7.05 Å². The van der Waals surface area contributed by atoms with Gasteiger partial charge in [0.1, 0.15) is 11.4 Å². The van der Waals surface area contributed by atoms with Gasteiger partial charge in [0.05, 0.1) is 39.6 Å². The summed E-state index contributed by atoms with van der Waals surface area (Å²) in [5.74, 6) is 6.32. The molecule has 0 radical (unpaired) electrons. The monoisotopic (exact) mass is 571 g/mol. The van der Waals surface area contributed by atoms with E-state index < -0.39 is 11.9 Å². The molecular formula is C32H29N9O2. The minimum absolute atomic E-state index is 0.0562. The number of nitrogens with zero attached hydrogens (tertiary/aromatic N) is 7. The highest BCUT2D eigenvalue weighted by atomic mass is 16.2. The van der Waals surface area contributed by atoms with Crippen molar-refractivity contribution in [1.29, 1.82) is 0 Å². The number of nitrogens with one attached hydrogen (secondary N) is 1. The standard InChI is InChI=1S/C32H29N9O2/c1-18-16-17-34-30-27(28(33)38-41(18)30)31(42)35-20(3)29-36-25-13-9-10-22(14-15-24-19(2)37-39(5)21(24)4)26(25)32(43)40(29)23-11-7-6-8-12-23/h6-13,16-17,20H,1-5H3,(H2,33,38)(H,35,42). The minimum atomic E-state index is -0.695. The molecule has 0 aliphatic rings. The Hall–Kier alpha value is -5.76. The molecule has 0 aliphatic carbocycles. The van der Waals surface area contributed by atoms with Gasteiger partial charge in [-0.2, -0.15) is 5.10 Å². The number of benzene rings is 2. The zero-order valence-corrected chi connectivity index (χ0v) is 24.4. The van der Waals surface area contributed by atoms with Gasteiger partial charge in [0.15, 0.2) is 11.5 Å². The smallest absolute Gasteiger partial charge is 0.267 e. The van der Waals surface area contributed by atoms with Gasteiger partial charge in [0, 0.05) is 24.5 Å². The molecule has 0 saturated carbocycles. The highest BCUT2D eigenvalue weighted by molar-refractivity contribution is 6.04. The number of hydrogen-bond donors (Lipinski definition) is 2. The summed E-state index contributed by atoms with van der Waals surface area (Å²) in [6.07, 6.45) is 1.60. The number of fused-ring (bicyclic) bond motifs is 2. The van der Waals surface area contributed by atoms with E-state index in [0.29, 0.717) is 33.6 Å². The minimum Gasteiger partial charge on any atom is -0.381 e. The largest absolute Gasteiger partial charge is 0.381 e. The molecule has 214 valence electrons. The zero-order valence-electron chi connectivity index (χ0n) is 24.4. The van der Waals surface area contributed by atoms with Crippen LogP contribution in [-0.4, -0.2) is 39.8 Å². The van der Waals surface area contributed by atoms with Gasteiger partial charge in [0.25, 0.3) is 11.5 Å². The summed E-state index contributed by atoms with van der Waals surface area (Å²) in [4.78, 5) is 37.0. The molecular weight excluding hydrogens is 542 g/mol. The van der Waals surface area contributed by atoms with Gasteiger partial charge in [-0.1, -0.05) is 36.1 Å². The van der Waals surface area contributed by atoms with Crippen LogP contribution in [0.5, 0.6) is 0 Å². The molecule has 1 amide bonds. The van der Waals surface area contributed by atoms with Crippen LogP contribution in [0.25, 0.3) is 22.2 Å². The first kappa shape index (κ1) is 27.4. The first-order valence-corrected chi connectivity index (χ1v) is 13.7. The highest BCUT2D eigenvalue weighted by Crippen LogP contribution is 2.23. The maximum atomic E-state index is 14.3. The third kappa shape index (κ3) is 4.68. The Morgan fingerprint density at radius 2 is 1.77 bits per heavy atom. The van der Waals surface area contributed by atoms with E-state index in [2.05, 4.69) is 32.3 Å². The lowest BCUT2D eigenvalue weighted by Crippen LogP contribution is -2.33. The van der Waals surface area contributed by atoms with Crippen LogP contribution in [-0.2, 0) is 7.05 Å². The van der Waals surface area contributed by atoms with Crippen molar-refractivity contribution < 1.29 is 4.79 Å². The number of nitrogens with two attached hydrogens (primary N) is 1. The van der Waals surface area contributed by atoms with E-state index in [4.69, 9.17) is 10.7 Å². The second kappa shape index (κ2) is 10.6. The van der Waals surface area contributed by atoms with Gasteiger partial charge in [-0.25, -0.2) is 14.5 Å². The maximum Gasteiger partial charge on any atom is 0.267 e. The van der Waals surface area contributed by atoms with E-state index >= 15 is 0 Å². The molecule has 4 heterocycles. The van der Waals surface area contributed by atoms with Crippen LogP contribution in [0.2, 0.25) is 0 Å².